The first-order valence-corrected chi connectivity index (χ1v) is 9.57. The topological polar surface area (TPSA) is 108 Å². The summed E-state index contributed by atoms with van der Waals surface area (Å²) in [5, 5.41) is 13.7. The van der Waals surface area contributed by atoms with Crippen molar-refractivity contribution < 1.29 is 19.1 Å². The monoisotopic (exact) mass is 409 g/mol. The lowest BCUT2D eigenvalue weighted by molar-refractivity contribution is -0.156. The van der Waals surface area contributed by atoms with E-state index in [9.17, 15) is 9.59 Å². The van der Waals surface area contributed by atoms with Crippen LogP contribution in [0.4, 0.5) is 5.69 Å². The molecule has 0 saturated carbocycles. The van der Waals surface area contributed by atoms with Gasteiger partial charge in [0.15, 0.2) is 12.1 Å². The normalized spacial score (nSPS) is 12.6. The molecule has 1 amide bonds. The number of carbonyl (C=O) groups is 2. The maximum Gasteiger partial charge on any atom is 0.332 e. The zero-order valence-electron chi connectivity index (χ0n) is 16.8. The fourth-order valence-corrected chi connectivity index (χ4v) is 2.78. The Labute approximate surface area is 174 Å². The van der Waals surface area contributed by atoms with Crippen molar-refractivity contribution in [2.24, 2.45) is 0 Å². The summed E-state index contributed by atoms with van der Waals surface area (Å²) in [5.74, 6) is -0.330. The number of rotatable bonds is 9. The molecule has 156 valence electrons. The van der Waals surface area contributed by atoms with Crippen LogP contribution in [0.5, 0.6) is 5.75 Å². The number of aromatic nitrogens is 4. The standard InChI is InChI=1S/C21H23N5O4/c1-3-29-18-11-9-17(10-12-18)23-20(27)15(2)30-21(28)19(26-14-22-24-25-26)13-16-7-5-4-6-8-16/h4-12,14-15,19H,3,13H2,1-2H3,(H,23,27)/t15-,19+/m0/s1. The Kier molecular flexibility index (Phi) is 7.09. The van der Waals surface area contributed by atoms with Gasteiger partial charge in [-0.2, -0.15) is 0 Å². The van der Waals surface area contributed by atoms with Gasteiger partial charge in [0.2, 0.25) is 0 Å². The van der Waals surface area contributed by atoms with Crippen LogP contribution >= 0.6 is 0 Å². The van der Waals surface area contributed by atoms with Crippen LogP contribution in [0.2, 0.25) is 0 Å². The summed E-state index contributed by atoms with van der Waals surface area (Å²) < 4.78 is 12.1. The molecule has 0 unspecified atom stereocenters. The van der Waals surface area contributed by atoms with Crippen LogP contribution in [0.15, 0.2) is 60.9 Å². The SMILES string of the molecule is CCOc1ccc(NC(=O)[C@H](C)OC(=O)[C@@H](Cc2ccccc2)n2cnnn2)cc1. The highest BCUT2D eigenvalue weighted by Crippen LogP contribution is 2.18. The second-order valence-electron chi connectivity index (χ2n) is 6.52. The van der Waals surface area contributed by atoms with E-state index in [1.807, 2.05) is 37.3 Å². The van der Waals surface area contributed by atoms with Crippen molar-refractivity contribution in [2.45, 2.75) is 32.4 Å². The molecule has 0 radical (unpaired) electrons. The van der Waals surface area contributed by atoms with Gasteiger partial charge in [0.25, 0.3) is 5.91 Å². The Morgan fingerprint density at radius 1 is 1.10 bits per heavy atom. The summed E-state index contributed by atoms with van der Waals surface area (Å²) in [6.07, 6.45) is 0.677. The highest BCUT2D eigenvalue weighted by Gasteiger charge is 2.27. The maximum atomic E-state index is 12.8. The molecule has 1 heterocycles. The molecule has 30 heavy (non-hydrogen) atoms. The molecule has 0 aliphatic rings. The molecule has 3 rings (SSSR count). The number of tetrazole rings is 1. The van der Waals surface area contributed by atoms with Crippen molar-refractivity contribution in [2.75, 3.05) is 11.9 Å². The molecule has 9 nitrogen and oxygen atoms in total. The van der Waals surface area contributed by atoms with Crippen LogP contribution in [0, 0.1) is 0 Å². The van der Waals surface area contributed by atoms with Gasteiger partial charge >= 0.3 is 5.97 Å². The summed E-state index contributed by atoms with van der Waals surface area (Å²) in [6, 6.07) is 15.6. The first-order chi connectivity index (χ1) is 14.6. The molecule has 9 heteroatoms. The fraction of sp³-hybridized carbons (Fsp3) is 0.286. The number of nitrogens with zero attached hydrogens (tertiary/aromatic N) is 4. The van der Waals surface area contributed by atoms with Gasteiger partial charge < -0.3 is 14.8 Å². The van der Waals surface area contributed by atoms with Gasteiger partial charge in [-0.15, -0.1) is 5.10 Å². The van der Waals surface area contributed by atoms with Gasteiger partial charge in [0.05, 0.1) is 6.61 Å². The van der Waals surface area contributed by atoms with Crippen LogP contribution in [-0.4, -0.2) is 44.8 Å². The smallest absolute Gasteiger partial charge is 0.332 e. The van der Waals surface area contributed by atoms with E-state index in [4.69, 9.17) is 9.47 Å². The second-order valence-corrected chi connectivity index (χ2v) is 6.52. The molecule has 2 atom stereocenters. The highest BCUT2D eigenvalue weighted by atomic mass is 16.5. The quantitative estimate of drug-likeness (QED) is 0.541. The Hall–Kier alpha value is -3.75. The van der Waals surface area contributed by atoms with Crippen molar-refractivity contribution in [3.63, 3.8) is 0 Å². The Morgan fingerprint density at radius 2 is 1.83 bits per heavy atom. The number of esters is 1. The molecular formula is C21H23N5O4. The van der Waals surface area contributed by atoms with Crippen LogP contribution in [0.3, 0.4) is 0 Å². The van der Waals surface area contributed by atoms with Crippen LogP contribution in [0.1, 0.15) is 25.5 Å². The number of anilines is 1. The van der Waals surface area contributed by atoms with Crippen molar-refractivity contribution in [3.05, 3.63) is 66.5 Å². The summed E-state index contributed by atoms with van der Waals surface area (Å²) in [4.78, 5) is 25.3. The van der Waals surface area contributed by atoms with Crippen LogP contribution < -0.4 is 10.1 Å². The summed E-state index contributed by atoms with van der Waals surface area (Å²) in [5.41, 5.74) is 1.49. The zero-order valence-corrected chi connectivity index (χ0v) is 16.8. The minimum absolute atomic E-state index is 0.331. The van der Waals surface area contributed by atoms with Gasteiger partial charge in [-0.1, -0.05) is 30.3 Å². The minimum Gasteiger partial charge on any atom is -0.494 e. The van der Waals surface area contributed by atoms with E-state index in [2.05, 4.69) is 20.8 Å². The third-order valence-corrected chi connectivity index (χ3v) is 4.32. The third kappa shape index (κ3) is 5.63. The van der Waals surface area contributed by atoms with E-state index in [1.165, 1.54) is 17.9 Å². The van der Waals surface area contributed by atoms with Crippen molar-refractivity contribution >= 4 is 17.6 Å². The van der Waals surface area contributed by atoms with E-state index in [0.717, 1.165) is 5.56 Å². The predicted octanol–water partition coefficient (Wildman–Crippen LogP) is 2.43. The molecule has 1 aromatic heterocycles. The molecule has 0 spiro atoms. The van der Waals surface area contributed by atoms with E-state index < -0.39 is 24.0 Å². The van der Waals surface area contributed by atoms with Crippen molar-refractivity contribution in [1.29, 1.82) is 0 Å². The molecule has 0 saturated heterocycles. The molecule has 2 aromatic carbocycles. The van der Waals surface area contributed by atoms with Gasteiger partial charge in [0.1, 0.15) is 12.1 Å². The average molecular weight is 409 g/mol. The average Bonchev–Trinajstić information content (AvgIpc) is 3.28. The number of amides is 1. The van der Waals surface area contributed by atoms with E-state index in [-0.39, 0.29) is 0 Å². The Balaban J connectivity index is 1.63. The van der Waals surface area contributed by atoms with Crippen molar-refractivity contribution in [3.8, 4) is 5.75 Å². The maximum absolute atomic E-state index is 12.8. The number of nitrogens with one attached hydrogen (secondary N) is 1. The van der Waals surface area contributed by atoms with Gasteiger partial charge in [-0.3, -0.25) is 4.79 Å². The van der Waals surface area contributed by atoms with E-state index in [1.54, 1.807) is 24.3 Å². The Bertz CT molecular complexity index is 945. The summed E-state index contributed by atoms with van der Waals surface area (Å²) >= 11 is 0. The molecule has 0 bridgehead atoms. The predicted molar refractivity (Wildman–Crippen MR) is 109 cm³/mol. The number of hydrogen-bond acceptors (Lipinski definition) is 7. The van der Waals surface area contributed by atoms with Gasteiger partial charge in [-0.05, 0) is 54.1 Å². The van der Waals surface area contributed by atoms with E-state index >= 15 is 0 Å². The second kappa shape index (κ2) is 10.1. The molecule has 0 aliphatic carbocycles. The Morgan fingerprint density at radius 3 is 2.47 bits per heavy atom. The lowest BCUT2D eigenvalue weighted by Gasteiger charge is -2.19. The molecular weight excluding hydrogens is 386 g/mol. The van der Waals surface area contributed by atoms with Crippen molar-refractivity contribution in [1.82, 2.24) is 20.2 Å². The largest absolute Gasteiger partial charge is 0.494 e. The van der Waals surface area contributed by atoms with Gasteiger partial charge in [-0.25, -0.2) is 9.48 Å². The number of benzene rings is 2. The first-order valence-electron chi connectivity index (χ1n) is 9.57. The molecule has 3 aromatic rings. The lowest BCUT2D eigenvalue weighted by atomic mass is 10.1. The third-order valence-electron chi connectivity index (χ3n) is 4.32. The van der Waals surface area contributed by atoms with Crippen LogP contribution in [-0.2, 0) is 20.7 Å². The summed E-state index contributed by atoms with van der Waals surface area (Å²) in [6.45, 7) is 3.97. The number of hydrogen-bond donors (Lipinski definition) is 1. The lowest BCUT2D eigenvalue weighted by Crippen LogP contribution is -2.34. The minimum atomic E-state index is -1.00. The fourth-order valence-electron chi connectivity index (χ4n) is 2.78. The molecule has 0 fully saturated rings. The highest BCUT2D eigenvalue weighted by molar-refractivity contribution is 5.95. The first kappa shape index (κ1) is 21.0. The number of carbonyl (C=O) groups excluding carboxylic acids is 2. The summed E-state index contributed by atoms with van der Waals surface area (Å²) in [7, 11) is 0. The van der Waals surface area contributed by atoms with Gasteiger partial charge in [0, 0.05) is 12.1 Å². The van der Waals surface area contributed by atoms with Crippen LogP contribution in [0.25, 0.3) is 0 Å². The van der Waals surface area contributed by atoms with E-state index in [0.29, 0.717) is 24.5 Å². The zero-order chi connectivity index (χ0) is 21.3. The number of ether oxygens (including phenoxy) is 2. The molecule has 0 aliphatic heterocycles. The molecule has 1 N–H and O–H groups in total.